The van der Waals surface area contributed by atoms with Crippen LogP contribution in [0.3, 0.4) is 0 Å². The second-order valence-electron chi connectivity index (χ2n) is 12.1. The molecule has 39 heavy (non-hydrogen) atoms. The van der Waals surface area contributed by atoms with Crippen LogP contribution in [0, 0.1) is 18.2 Å². The van der Waals surface area contributed by atoms with Gasteiger partial charge in [0.05, 0.1) is 0 Å². The van der Waals surface area contributed by atoms with Crippen LogP contribution in [0.1, 0.15) is 128 Å². The first-order chi connectivity index (χ1) is 18.9. The van der Waals surface area contributed by atoms with E-state index in [-0.39, 0.29) is 16.8 Å². The van der Waals surface area contributed by atoms with Gasteiger partial charge < -0.3 is 34.9 Å². The molecule has 1 saturated heterocycles. The summed E-state index contributed by atoms with van der Waals surface area (Å²) in [4.78, 5) is 25.3. The second-order valence-corrected chi connectivity index (χ2v) is 12.1. The normalized spacial score (nSPS) is 25.9. The summed E-state index contributed by atoms with van der Waals surface area (Å²) in [6, 6.07) is 3.32. The number of hydrogen-bond acceptors (Lipinski definition) is 6. The zero-order valence-corrected chi connectivity index (χ0v) is 25.2. The van der Waals surface area contributed by atoms with E-state index in [1.54, 1.807) is 0 Å². The van der Waals surface area contributed by atoms with Gasteiger partial charge in [0.2, 0.25) is 0 Å². The van der Waals surface area contributed by atoms with Gasteiger partial charge in [-0.15, -0.1) is 0 Å². The van der Waals surface area contributed by atoms with Crippen molar-refractivity contribution >= 4 is 6.79 Å². The average Bonchev–Trinajstić information content (AvgIpc) is 3.73. The quantitative estimate of drug-likeness (QED) is 0.255. The summed E-state index contributed by atoms with van der Waals surface area (Å²) in [5, 5.41) is 0. The Labute approximate surface area is 249 Å². The fourth-order valence-corrected chi connectivity index (χ4v) is 7.49. The smallest absolute Gasteiger partial charge is 0.00117 e. The Morgan fingerprint density at radius 3 is 1.08 bits per heavy atom. The van der Waals surface area contributed by atoms with Gasteiger partial charge in [-0.25, -0.2) is 6.67 Å². The Bertz CT molecular complexity index is 595. The number of hydrogen-bond donors (Lipinski definition) is 0. The van der Waals surface area contributed by atoms with Crippen molar-refractivity contribution < 1.29 is 21.6 Å². The minimum absolute atomic E-state index is 0. The van der Waals surface area contributed by atoms with Crippen LogP contribution in [0.2, 0.25) is 0 Å². The summed E-state index contributed by atoms with van der Waals surface area (Å²) >= 11 is 0. The Kier molecular flexibility index (Phi) is 17.6. The molecule has 0 bridgehead atoms. The third kappa shape index (κ3) is 10.7. The van der Waals surface area contributed by atoms with Crippen LogP contribution in [0.5, 0.6) is 0 Å². The molecule has 0 amide bonds. The van der Waals surface area contributed by atoms with Crippen LogP contribution >= 0.6 is 0 Å². The molecule has 0 unspecified atom stereocenters. The molecule has 0 spiro atoms. The molecule has 4 aliphatic carbocycles. The molecule has 6 rings (SSSR count). The van der Waals surface area contributed by atoms with E-state index in [1.807, 2.05) is 0 Å². The van der Waals surface area contributed by atoms with Crippen LogP contribution in [0.4, 0.5) is 0 Å². The molecule has 0 aromatic rings. The van der Waals surface area contributed by atoms with Crippen molar-refractivity contribution in [3.05, 3.63) is 36.2 Å². The van der Waals surface area contributed by atoms with Gasteiger partial charge in [-0.2, -0.15) is 6.67 Å². The number of nitrogens with zero attached hydrogens (tertiary/aromatic N) is 5. The molecular formula is C31H53CoN5O2-4. The number of nitroso groups, excluding NO2 is 1. The van der Waals surface area contributed by atoms with Gasteiger partial charge in [0.1, 0.15) is 0 Å². The Hall–Kier alpha value is -0.964. The maximum Gasteiger partial charge on any atom is 0.00117 e. The summed E-state index contributed by atoms with van der Waals surface area (Å²) in [7, 11) is 0. The van der Waals surface area contributed by atoms with Gasteiger partial charge in [-0.3, -0.25) is 6.79 Å². The van der Waals surface area contributed by atoms with Crippen LogP contribution in [0.25, 0.3) is 5.59 Å². The molecule has 0 atom stereocenters. The molecule has 0 aromatic heterocycles. The Morgan fingerprint density at radius 1 is 0.487 bits per heavy atom. The van der Waals surface area contributed by atoms with E-state index < -0.39 is 0 Å². The van der Waals surface area contributed by atoms with E-state index in [4.69, 9.17) is 15.3 Å². The minimum atomic E-state index is 0. The zero-order valence-electron chi connectivity index (χ0n) is 24.1. The minimum Gasteiger partial charge on any atom is -0.577 e. The first-order valence-corrected chi connectivity index (χ1v) is 15.7. The van der Waals surface area contributed by atoms with E-state index in [2.05, 4.69) is 52.1 Å². The molecule has 2 aliphatic heterocycles. The maximum absolute atomic E-state index is 7.75. The summed E-state index contributed by atoms with van der Waals surface area (Å²) in [5.41, 5.74) is 5.75. The van der Waals surface area contributed by atoms with Crippen molar-refractivity contribution in [1.29, 1.82) is 0 Å². The van der Waals surface area contributed by atoms with Gasteiger partial charge in [-0.05, 0) is 88.9 Å². The molecule has 7 nitrogen and oxygen atoms in total. The molecule has 0 N–H and O–H groups in total. The third-order valence-corrected chi connectivity index (χ3v) is 9.67. The van der Waals surface area contributed by atoms with Crippen molar-refractivity contribution in [1.82, 2.24) is 19.6 Å². The monoisotopic (exact) mass is 586 g/mol. The van der Waals surface area contributed by atoms with E-state index in [1.165, 1.54) is 142 Å². The third-order valence-electron chi connectivity index (χ3n) is 9.67. The van der Waals surface area contributed by atoms with Crippen molar-refractivity contribution in [2.45, 2.75) is 153 Å². The number of rotatable bonds is 4. The van der Waals surface area contributed by atoms with Crippen LogP contribution in [-0.4, -0.2) is 63.6 Å². The van der Waals surface area contributed by atoms with E-state index in [0.29, 0.717) is 0 Å². The summed E-state index contributed by atoms with van der Waals surface area (Å²) in [6.45, 7) is 10.7. The van der Waals surface area contributed by atoms with Gasteiger partial charge >= 0.3 is 0 Å². The first kappa shape index (κ1) is 34.2. The Morgan fingerprint density at radius 2 is 0.769 bits per heavy atom. The summed E-state index contributed by atoms with van der Waals surface area (Å²) in [6.07, 6.45) is 33.3. The predicted octanol–water partition coefficient (Wildman–Crippen LogP) is 7.29. The molecule has 0 aromatic carbocycles. The van der Waals surface area contributed by atoms with Crippen molar-refractivity contribution in [2.75, 3.05) is 13.1 Å². The van der Waals surface area contributed by atoms with E-state index in [9.17, 15) is 0 Å². The standard InChI is InChI=1S/C15H27N2.C15H25N2.CHO.Co.NO/c2*1-3-7-14(8-4-1)16-11-12-17(13-16)15-9-5-2-6-10-15;1-2;;1-2/h13-15H,1-12H2;11-15H,1-10H2;1H;;/q3*-1;;-1. The SMILES string of the molecule is C1=CN(C2CCCCC2)[CH-]N1C1CCCCC1.[CH-]1N(C2CCCCC2)CCN1C1CCCCC1.[CH-]=O.[Co].[N-]=O. The fourth-order valence-electron chi connectivity index (χ4n) is 7.49. The fraction of sp³-hybridized carbons (Fsp3) is 0.839. The Balaban J connectivity index is 0.000000238. The molecule has 227 valence electrons. The summed E-state index contributed by atoms with van der Waals surface area (Å²) < 4.78 is 0. The topological polar surface area (TPSA) is 69.4 Å². The number of carbonyl (C=O) groups excluding carboxylic acids is 1. The zero-order chi connectivity index (χ0) is 27.0. The molecule has 5 fully saturated rings. The van der Waals surface area contributed by atoms with Crippen molar-refractivity contribution in [3.63, 3.8) is 0 Å². The maximum atomic E-state index is 7.75. The predicted molar refractivity (Wildman–Crippen MR) is 156 cm³/mol. The van der Waals surface area contributed by atoms with E-state index in [0.717, 1.165) is 24.2 Å². The van der Waals surface area contributed by atoms with Gasteiger partial charge in [0, 0.05) is 28.9 Å². The molecule has 2 heterocycles. The molecule has 8 heteroatoms. The molecular weight excluding hydrogens is 533 g/mol. The van der Waals surface area contributed by atoms with Crippen LogP contribution in [-0.2, 0) is 21.6 Å². The molecule has 6 aliphatic rings. The van der Waals surface area contributed by atoms with Gasteiger partial charge in [-0.1, -0.05) is 77.0 Å². The van der Waals surface area contributed by atoms with Crippen molar-refractivity contribution in [2.24, 2.45) is 0 Å². The second kappa shape index (κ2) is 20.0. The van der Waals surface area contributed by atoms with Gasteiger partial charge in [0.15, 0.2) is 0 Å². The van der Waals surface area contributed by atoms with Crippen molar-refractivity contribution in [3.8, 4) is 0 Å². The van der Waals surface area contributed by atoms with Crippen LogP contribution < -0.4 is 0 Å². The molecule has 4 saturated carbocycles. The summed E-state index contributed by atoms with van der Waals surface area (Å²) in [5.74, 6) is 0. The first-order valence-electron chi connectivity index (χ1n) is 15.7. The molecule has 1 radical (unpaired) electrons. The van der Waals surface area contributed by atoms with E-state index >= 15 is 0 Å². The largest absolute Gasteiger partial charge is 0.577 e. The average molecular weight is 587 g/mol. The van der Waals surface area contributed by atoms with Gasteiger partial charge in [0.25, 0.3) is 0 Å². The van der Waals surface area contributed by atoms with Crippen LogP contribution in [0.15, 0.2) is 12.4 Å².